The number of hydrogen-bond acceptors (Lipinski definition) is 6. The smallest absolute Gasteiger partial charge is 0.407 e. The molecule has 0 unspecified atom stereocenters. The number of carbonyl (C=O) groups is 2. The van der Waals surface area contributed by atoms with Crippen LogP contribution in [0.25, 0.3) is 0 Å². The van der Waals surface area contributed by atoms with E-state index in [0.717, 1.165) is 31.8 Å². The summed E-state index contributed by atoms with van der Waals surface area (Å²) in [5.41, 5.74) is 1.64. The number of methoxy groups -OCH3 is 1. The predicted molar refractivity (Wildman–Crippen MR) is 145 cm³/mol. The minimum atomic E-state index is -0.463. The molecule has 36 heavy (non-hydrogen) atoms. The van der Waals surface area contributed by atoms with Gasteiger partial charge in [0.1, 0.15) is 5.60 Å². The zero-order valence-corrected chi connectivity index (χ0v) is 23.2. The van der Waals surface area contributed by atoms with Crippen molar-refractivity contribution in [1.29, 1.82) is 0 Å². The van der Waals surface area contributed by atoms with E-state index < -0.39 is 11.7 Å². The molecule has 204 valence electrons. The summed E-state index contributed by atoms with van der Waals surface area (Å²) in [6.07, 6.45) is 9.52. The molecule has 1 saturated heterocycles. The van der Waals surface area contributed by atoms with Gasteiger partial charge in [0.25, 0.3) is 0 Å². The van der Waals surface area contributed by atoms with Crippen LogP contribution >= 0.6 is 0 Å². The highest BCUT2D eigenvalue weighted by Crippen LogP contribution is 2.44. The van der Waals surface area contributed by atoms with E-state index in [0.29, 0.717) is 18.4 Å². The van der Waals surface area contributed by atoms with Crippen molar-refractivity contribution in [3.63, 3.8) is 0 Å². The molecule has 0 atom stereocenters. The number of benzene rings is 1. The molecule has 0 radical (unpaired) electrons. The SMILES string of the molecule is CNC1CCC2(CC1)CCN(Cc1ccccc1)C2.COC(=O)CCCCCNC(=O)OC(C)(C)C. The lowest BCUT2D eigenvalue weighted by atomic mass is 9.72. The Bertz CT molecular complexity index is 770. The Morgan fingerprint density at radius 1 is 1.06 bits per heavy atom. The highest BCUT2D eigenvalue weighted by Gasteiger charge is 2.40. The Morgan fingerprint density at radius 3 is 2.36 bits per heavy atom. The number of carbonyl (C=O) groups excluding carboxylic acids is 2. The third-order valence-corrected chi connectivity index (χ3v) is 7.17. The highest BCUT2D eigenvalue weighted by molar-refractivity contribution is 5.69. The Kier molecular flexibility index (Phi) is 12.7. The fraction of sp³-hybridized carbons (Fsp3) is 0.724. The summed E-state index contributed by atoms with van der Waals surface area (Å²) in [4.78, 5) is 24.7. The number of unbranched alkanes of at least 4 members (excludes halogenated alkanes) is 2. The van der Waals surface area contributed by atoms with Gasteiger partial charge in [-0.1, -0.05) is 36.8 Å². The molecule has 1 aliphatic carbocycles. The lowest BCUT2D eigenvalue weighted by Crippen LogP contribution is -2.37. The van der Waals surface area contributed by atoms with Crippen molar-refractivity contribution in [2.45, 2.75) is 96.7 Å². The molecule has 1 saturated carbocycles. The minimum absolute atomic E-state index is 0.190. The third-order valence-electron chi connectivity index (χ3n) is 7.17. The molecule has 1 amide bonds. The van der Waals surface area contributed by atoms with Crippen molar-refractivity contribution in [2.75, 3.05) is 33.8 Å². The fourth-order valence-electron chi connectivity index (χ4n) is 5.11. The predicted octanol–water partition coefficient (Wildman–Crippen LogP) is 5.29. The molecule has 7 nitrogen and oxygen atoms in total. The number of nitrogens with zero attached hydrogens (tertiary/aromatic N) is 1. The third kappa shape index (κ3) is 11.7. The van der Waals surface area contributed by atoms with Gasteiger partial charge in [-0.2, -0.15) is 0 Å². The first kappa shape index (κ1) is 30.1. The summed E-state index contributed by atoms with van der Waals surface area (Å²) in [6.45, 7) is 9.78. The number of nitrogens with one attached hydrogen (secondary N) is 2. The molecule has 1 spiro atoms. The molecule has 7 heteroatoms. The van der Waals surface area contributed by atoms with E-state index in [-0.39, 0.29) is 5.97 Å². The topological polar surface area (TPSA) is 79.9 Å². The summed E-state index contributed by atoms with van der Waals surface area (Å²) in [6, 6.07) is 11.7. The highest BCUT2D eigenvalue weighted by atomic mass is 16.6. The van der Waals surface area contributed by atoms with Crippen LogP contribution in [0.15, 0.2) is 30.3 Å². The van der Waals surface area contributed by atoms with Crippen LogP contribution in [0.3, 0.4) is 0 Å². The quantitative estimate of drug-likeness (QED) is 0.352. The fourth-order valence-corrected chi connectivity index (χ4v) is 5.11. The first-order chi connectivity index (χ1) is 17.1. The molecule has 2 fully saturated rings. The second-order valence-electron chi connectivity index (χ2n) is 11.3. The molecule has 2 aliphatic rings. The van der Waals surface area contributed by atoms with Crippen molar-refractivity contribution in [3.8, 4) is 0 Å². The van der Waals surface area contributed by atoms with E-state index in [1.54, 1.807) is 0 Å². The zero-order valence-electron chi connectivity index (χ0n) is 23.2. The zero-order chi connectivity index (χ0) is 26.4. The van der Waals surface area contributed by atoms with E-state index in [1.807, 2.05) is 20.8 Å². The summed E-state index contributed by atoms with van der Waals surface area (Å²) in [5.74, 6) is -0.190. The van der Waals surface area contributed by atoms with Crippen LogP contribution in [0.5, 0.6) is 0 Å². The second kappa shape index (κ2) is 15.2. The molecular formula is C29H49N3O4. The number of alkyl carbamates (subject to hydrolysis) is 1. The Balaban J connectivity index is 0.000000256. The number of amides is 1. The van der Waals surface area contributed by atoms with Gasteiger partial charge in [0, 0.05) is 32.1 Å². The van der Waals surface area contributed by atoms with Gasteiger partial charge in [-0.3, -0.25) is 9.69 Å². The molecule has 1 aromatic rings. The average Bonchev–Trinajstić information content (AvgIpc) is 3.23. The van der Waals surface area contributed by atoms with Crippen LogP contribution in [0.1, 0.15) is 84.1 Å². The number of hydrogen-bond donors (Lipinski definition) is 2. The number of ether oxygens (including phenoxy) is 2. The molecule has 3 rings (SSSR count). The normalized spacial score (nSPS) is 22.0. The second-order valence-corrected chi connectivity index (χ2v) is 11.3. The molecule has 1 aromatic carbocycles. The van der Waals surface area contributed by atoms with Crippen molar-refractivity contribution in [1.82, 2.24) is 15.5 Å². The molecule has 1 aliphatic heterocycles. The standard InChI is InChI=1S/C17H26N2.C12H23NO4/c1-18-16-7-9-17(10-8-16)11-12-19(14-17)13-15-5-3-2-4-6-15;1-12(2,3)17-11(15)13-9-7-5-6-8-10(14)16-4/h2-6,16,18H,7-14H2,1H3;5-9H2,1-4H3,(H,13,15). The molecule has 1 heterocycles. The Hall–Kier alpha value is -2.12. The molecule has 0 bridgehead atoms. The van der Waals surface area contributed by atoms with Crippen molar-refractivity contribution in [3.05, 3.63) is 35.9 Å². The van der Waals surface area contributed by atoms with Gasteiger partial charge in [0.15, 0.2) is 0 Å². The molecule has 2 N–H and O–H groups in total. The summed E-state index contributed by atoms with van der Waals surface area (Å²) in [7, 11) is 3.49. The largest absolute Gasteiger partial charge is 0.469 e. The molecule has 0 aromatic heterocycles. The summed E-state index contributed by atoms with van der Waals surface area (Å²) < 4.78 is 9.60. The van der Waals surface area contributed by atoms with Gasteiger partial charge in [-0.25, -0.2) is 4.79 Å². The summed E-state index contributed by atoms with van der Waals surface area (Å²) >= 11 is 0. The van der Waals surface area contributed by atoms with E-state index in [9.17, 15) is 9.59 Å². The van der Waals surface area contributed by atoms with Gasteiger partial charge in [0.05, 0.1) is 7.11 Å². The van der Waals surface area contributed by atoms with Crippen LogP contribution in [0.2, 0.25) is 0 Å². The Labute approximate surface area is 218 Å². The maximum absolute atomic E-state index is 11.2. The average molecular weight is 504 g/mol. The van der Waals surface area contributed by atoms with Gasteiger partial charge in [-0.05, 0) is 90.3 Å². The monoisotopic (exact) mass is 503 g/mol. The number of esters is 1. The van der Waals surface area contributed by atoms with Gasteiger partial charge in [-0.15, -0.1) is 0 Å². The first-order valence-electron chi connectivity index (χ1n) is 13.6. The maximum Gasteiger partial charge on any atom is 0.407 e. The molecular weight excluding hydrogens is 454 g/mol. The van der Waals surface area contributed by atoms with E-state index >= 15 is 0 Å². The number of rotatable bonds is 9. The number of likely N-dealkylation sites (tertiary alicyclic amines) is 1. The Morgan fingerprint density at radius 2 is 1.75 bits per heavy atom. The van der Waals surface area contributed by atoms with Crippen LogP contribution in [-0.2, 0) is 20.8 Å². The maximum atomic E-state index is 11.2. The van der Waals surface area contributed by atoms with Crippen molar-refractivity contribution in [2.24, 2.45) is 5.41 Å². The van der Waals surface area contributed by atoms with Gasteiger partial charge in [0.2, 0.25) is 0 Å². The van der Waals surface area contributed by atoms with Crippen LogP contribution in [0.4, 0.5) is 4.79 Å². The summed E-state index contributed by atoms with van der Waals surface area (Å²) in [5, 5.41) is 6.11. The van der Waals surface area contributed by atoms with Crippen molar-refractivity contribution < 1.29 is 19.1 Å². The van der Waals surface area contributed by atoms with E-state index in [4.69, 9.17) is 4.74 Å². The lowest BCUT2D eigenvalue weighted by Gasteiger charge is -2.37. The van der Waals surface area contributed by atoms with Crippen LogP contribution in [-0.4, -0.2) is 62.4 Å². The van der Waals surface area contributed by atoms with Crippen LogP contribution in [0, 0.1) is 5.41 Å². The lowest BCUT2D eigenvalue weighted by molar-refractivity contribution is -0.140. The van der Waals surface area contributed by atoms with Crippen molar-refractivity contribution >= 4 is 12.1 Å². The van der Waals surface area contributed by atoms with Gasteiger partial charge >= 0.3 is 12.1 Å². The minimum Gasteiger partial charge on any atom is -0.469 e. The first-order valence-corrected chi connectivity index (χ1v) is 13.6. The van der Waals surface area contributed by atoms with Crippen LogP contribution < -0.4 is 10.6 Å². The van der Waals surface area contributed by atoms with Gasteiger partial charge < -0.3 is 20.1 Å². The van der Waals surface area contributed by atoms with E-state index in [1.165, 1.54) is 57.9 Å². The van der Waals surface area contributed by atoms with E-state index in [2.05, 4.69) is 57.6 Å².